The highest BCUT2D eigenvalue weighted by Gasteiger charge is 2.36. The highest BCUT2D eigenvalue weighted by Crippen LogP contribution is 2.26. The number of ether oxygens (including phenoxy) is 2. The fourth-order valence-corrected chi connectivity index (χ4v) is 5.08. The summed E-state index contributed by atoms with van der Waals surface area (Å²) in [6, 6.07) is 11.3. The Hall–Kier alpha value is -2.91. The third-order valence-electron chi connectivity index (χ3n) is 7.24. The van der Waals surface area contributed by atoms with E-state index in [1.54, 1.807) is 11.0 Å². The van der Waals surface area contributed by atoms with Crippen LogP contribution in [0.2, 0.25) is 0 Å². The van der Waals surface area contributed by atoms with Crippen LogP contribution in [0.15, 0.2) is 42.0 Å². The van der Waals surface area contributed by atoms with Gasteiger partial charge in [0.25, 0.3) is 5.91 Å². The summed E-state index contributed by atoms with van der Waals surface area (Å²) in [5.74, 6) is -1.34. The van der Waals surface area contributed by atoms with Gasteiger partial charge in [-0.15, -0.1) is 0 Å². The van der Waals surface area contributed by atoms with E-state index in [-0.39, 0.29) is 30.0 Å². The predicted octanol–water partition coefficient (Wildman–Crippen LogP) is 2.06. The second kappa shape index (κ2) is 13.4. The summed E-state index contributed by atoms with van der Waals surface area (Å²) in [6.45, 7) is 10.6. The van der Waals surface area contributed by atoms with E-state index in [2.05, 4.69) is 16.3 Å². The Morgan fingerprint density at radius 2 is 2.00 bits per heavy atom. The zero-order chi connectivity index (χ0) is 28.6. The van der Waals surface area contributed by atoms with Crippen LogP contribution in [0.1, 0.15) is 52.5 Å². The van der Waals surface area contributed by atoms with Crippen molar-refractivity contribution in [2.24, 2.45) is 0 Å². The van der Waals surface area contributed by atoms with Crippen molar-refractivity contribution in [1.29, 1.82) is 5.26 Å². The van der Waals surface area contributed by atoms with Crippen molar-refractivity contribution in [2.45, 2.75) is 76.6 Å². The number of nitrogens with zero attached hydrogens (tertiary/aromatic N) is 3. The van der Waals surface area contributed by atoms with Crippen molar-refractivity contribution < 1.29 is 29.1 Å². The molecule has 3 rings (SSSR count). The molecule has 11 heteroatoms. The lowest BCUT2D eigenvalue weighted by molar-refractivity contribution is -0.128. The third-order valence-corrected chi connectivity index (χ3v) is 7.24. The van der Waals surface area contributed by atoms with Crippen LogP contribution in [-0.4, -0.2) is 94.9 Å². The maximum absolute atomic E-state index is 13.4. The second-order valence-corrected chi connectivity index (χ2v) is 11.5. The van der Waals surface area contributed by atoms with Crippen LogP contribution in [0.3, 0.4) is 0 Å². The fraction of sp³-hybridized carbons (Fsp3) is 0.607. The minimum Gasteiger partial charge on any atom is -0.444 e. The van der Waals surface area contributed by atoms with Gasteiger partial charge in [0.15, 0.2) is 0 Å². The Morgan fingerprint density at radius 1 is 1.28 bits per heavy atom. The van der Waals surface area contributed by atoms with Crippen LogP contribution in [0.4, 0.5) is 4.79 Å². The first kappa shape index (κ1) is 30.6. The molecule has 0 aromatic heterocycles. The number of amides is 2. The molecule has 3 N–H and O–H groups in total. The van der Waals surface area contributed by atoms with Gasteiger partial charge in [-0.25, -0.2) is 4.79 Å². The molecule has 2 fully saturated rings. The average molecular weight is 540 g/mol. The maximum atomic E-state index is 13.4. The summed E-state index contributed by atoms with van der Waals surface area (Å²) < 4.78 is 11.4. The van der Waals surface area contributed by atoms with Crippen molar-refractivity contribution >= 4 is 19.1 Å². The molecule has 0 aliphatic carbocycles. The van der Waals surface area contributed by atoms with Crippen molar-refractivity contribution in [3.63, 3.8) is 0 Å². The molecule has 1 aromatic carbocycles. The number of hydrogen-bond acceptors (Lipinski definition) is 8. The van der Waals surface area contributed by atoms with E-state index in [1.165, 1.54) is 0 Å². The first-order chi connectivity index (χ1) is 18.4. The van der Waals surface area contributed by atoms with E-state index in [0.29, 0.717) is 32.7 Å². The van der Waals surface area contributed by atoms with Crippen LogP contribution in [-0.2, 0) is 20.7 Å². The highest BCUT2D eigenvalue weighted by molar-refractivity contribution is 6.43. The molecule has 2 aliphatic rings. The quantitative estimate of drug-likeness (QED) is 0.259. The molecule has 10 nitrogen and oxygen atoms in total. The number of carbonyl (C=O) groups excluding carboxylic acids is 2. The smallest absolute Gasteiger partial charge is 0.444 e. The summed E-state index contributed by atoms with van der Waals surface area (Å²) in [6.07, 6.45) is 2.60. The topological polar surface area (TPSA) is 135 Å². The van der Waals surface area contributed by atoms with Crippen LogP contribution in [0.25, 0.3) is 0 Å². The number of morpholine rings is 1. The van der Waals surface area contributed by atoms with E-state index in [1.807, 2.05) is 58.0 Å². The number of hydrogen-bond donors (Lipinski definition) is 3. The molecule has 2 saturated heterocycles. The summed E-state index contributed by atoms with van der Waals surface area (Å²) in [5.41, 5.74) is 0.0344. The SMILES string of the molecule is CC1(C)CN(C(C)(C)/C=C(\C#N)C(=O)N2CCCC[C@@H](OC(=O)N[C@@H](Cc3ccccc3)B(O)O)C2)CCO1. The lowest BCUT2D eigenvalue weighted by Gasteiger charge is -2.45. The summed E-state index contributed by atoms with van der Waals surface area (Å²) in [4.78, 5) is 29.9. The van der Waals surface area contributed by atoms with Crippen molar-refractivity contribution in [3.05, 3.63) is 47.5 Å². The minimum absolute atomic E-state index is 0.0562. The van der Waals surface area contributed by atoms with Gasteiger partial charge in [0.2, 0.25) is 0 Å². The minimum atomic E-state index is -1.77. The van der Waals surface area contributed by atoms with Crippen molar-refractivity contribution in [3.8, 4) is 6.07 Å². The number of carbonyl (C=O) groups is 2. The van der Waals surface area contributed by atoms with E-state index in [4.69, 9.17) is 9.47 Å². The summed E-state index contributed by atoms with van der Waals surface area (Å²) >= 11 is 0. The monoisotopic (exact) mass is 540 g/mol. The van der Waals surface area contributed by atoms with Gasteiger partial charge in [-0.3, -0.25) is 9.69 Å². The second-order valence-electron chi connectivity index (χ2n) is 11.5. The standard InChI is InChI=1S/C28H41BN4O6/c1-27(2,33-14-15-38-28(3,4)20-33)17-22(18-30)25(34)32-13-9-8-12-23(19-32)39-26(35)31-24(29(36)37)16-21-10-6-5-7-11-21/h5-7,10-11,17,23-24,36-37H,8-9,12-16,19-20H2,1-4H3,(H,31,35)/b22-17+/t23-,24+/m1/s1. The Morgan fingerprint density at radius 3 is 2.64 bits per heavy atom. The van der Waals surface area contributed by atoms with Gasteiger partial charge in [-0.05, 0) is 65.0 Å². The number of rotatable bonds is 8. The molecule has 0 saturated carbocycles. The van der Waals surface area contributed by atoms with Gasteiger partial charge in [-0.2, -0.15) is 5.26 Å². The molecule has 2 atom stereocenters. The first-order valence-electron chi connectivity index (χ1n) is 13.6. The first-order valence-corrected chi connectivity index (χ1v) is 13.6. The number of benzene rings is 1. The van der Waals surface area contributed by atoms with E-state index >= 15 is 0 Å². The van der Waals surface area contributed by atoms with Gasteiger partial charge in [0.05, 0.1) is 24.7 Å². The van der Waals surface area contributed by atoms with Crippen LogP contribution < -0.4 is 5.32 Å². The molecule has 0 bridgehead atoms. The molecule has 0 radical (unpaired) electrons. The Balaban J connectivity index is 1.64. The van der Waals surface area contributed by atoms with Gasteiger partial charge in [0, 0.05) is 25.2 Å². The van der Waals surface area contributed by atoms with E-state index < -0.39 is 30.8 Å². The zero-order valence-electron chi connectivity index (χ0n) is 23.4. The maximum Gasteiger partial charge on any atom is 0.475 e. The highest BCUT2D eigenvalue weighted by atomic mass is 16.6. The number of alkyl carbamates (subject to hydrolysis) is 1. The predicted molar refractivity (Wildman–Crippen MR) is 147 cm³/mol. The van der Waals surface area contributed by atoms with Crippen LogP contribution in [0.5, 0.6) is 0 Å². The average Bonchev–Trinajstić information content (AvgIpc) is 3.12. The molecule has 39 heavy (non-hydrogen) atoms. The molecule has 2 amide bonds. The fourth-order valence-electron chi connectivity index (χ4n) is 5.08. The Kier molecular flexibility index (Phi) is 10.6. The molecule has 0 spiro atoms. The molecular weight excluding hydrogens is 499 g/mol. The number of likely N-dealkylation sites (tertiary alicyclic amines) is 1. The van der Waals surface area contributed by atoms with Gasteiger partial charge < -0.3 is 29.7 Å². The lowest BCUT2D eigenvalue weighted by atomic mass is 9.76. The van der Waals surface area contributed by atoms with Crippen molar-refractivity contribution in [1.82, 2.24) is 15.1 Å². The third kappa shape index (κ3) is 9.07. The largest absolute Gasteiger partial charge is 0.475 e. The number of nitriles is 1. The molecule has 212 valence electrons. The van der Waals surface area contributed by atoms with Gasteiger partial charge in [0.1, 0.15) is 17.7 Å². The molecule has 1 aromatic rings. The number of nitrogens with one attached hydrogen (secondary N) is 1. The molecule has 0 unspecified atom stereocenters. The van der Waals surface area contributed by atoms with E-state index in [0.717, 1.165) is 18.4 Å². The molecule has 2 heterocycles. The molecular formula is C28H41BN4O6. The van der Waals surface area contributed by atoms with Gasteiger partial charge >= 0.3 is 13.2 Å². The Labute approximate surface area is 231 Å². The lowest BCUT2D eigenvalue weighted by Crippen LogP contribution is -2.55. The van der Waals surface area contributed by atoms with Crippen molar-refractivity contribution in [2.75, 3.05) is 32.8 Å². The summed E-state index contributed by atoms with van der Waals surface area (Å²) in [7, 11) is -1.77. The Bertz CT molecular complexity index is 1060. The normalized spacial score (nSPS) is 21.3. The van der Waals surface area contributed by atoms with Crippen LogP contribution in [0, 0.1) is 11.3 Å². The summed E-state index contributed by atoms with van der Waals surface area (Å²) in [5, 5.41) is 32.0. The van der Waals surface area contributed by atoms with E-state index in [9.17, 15) is 24.9 Å². The van der Waals surface area contributed by atoms with Gasteiger partial charge in [-0.1, -0.05) is 30.3 Å². The zero-order valence-corrected chi connectivity index (χ0v) is 23.4. The van der Waals surface area contributed by atoms with Crippen LogP contribution >= 0.6 is 0 Å². The molecule has 2 aliphatic heterocycles.